The predicted octanol–water partition coefficient (Wildman–Crippen LogP) is 4.25. The van der Waals surface area contributed by atoms with Crippen molar-refractivity contribution in [3.8, 4) is 10.6 Å². The molecule has 28 heavy (non-hydrogen) atoms. The van der Waals surface area contributed by atoms with E-state index in [0.29, 0.717) is 17.0 Å². The predicted molar refractivity (Wildman–Crippen MR) is 112 cm³/mol. The molecule has 0 fully saturated rings. The van der Waals surface area contributed by atoms with E-state index in [1.807, 2.05) is 48.3 Å². The smallest absolute Gasteiger partial charge is 0.257 e. The third-order valence-electron chi connectivity index (χ3n) is 4.67. The third-order valence-corrected chi connectivity index (χ3v) is 5.56. The van der Waals surface area contributed by atoms with Crippen molar-refractivity contribution >= 4 is 34.1 Å². The molecule has 7 nitrogen and oxygen atoms in total. The van der Waals surface area contributed by atoms with Gasteiger partial charge in [-0.15, -0.1) is 11.3 Å². The molecule has 1 amide bonds. The molecule has 0 aromatic carbocycles. The van der Waals surface area contributed by atoms with Crippen LogP contribution in [0, 0.1) is 6.92 Å². The lowest BCUT2D eigenvalue weighted by Gasteiger charge is -2.10. The lowest BCUT2D eigenvalue weighted by molar-refractivity contribution is 0.102. The molecule has 0 bridgehead atoms. The maximum absolute atomic E-state index is 13.2. The fraction of sp³-hybridized carbons (Fsp3) is 0.300. The highest BCUT2D eigenvalue weighted by Crippen LogP contribution is 2.29. The molecule has 4 rings (SSSR count). The summed E-state index contributed by atoms with van der Waals surface area (Å²) in [4.78, 5) is 19.0. The van der Waals surface area contributed by atoms with Crippen molar-refractivity contribution in [1.82, 2.24) is 24.5 Å². The summed E-state index contributed by atoms with van der Waals surface area (Å²) in [7, 11) is 1.85. The molecule has 4 aromatic heterocycles. The number of thiophene rings is 1. The molecule has 144 valence electrons. The summed E-state index contributed by atoms with van der Waals surface area (Å²) >= 11 is 1.60. The van der Waals surface area contributed by atoms with Gasteiger partial charge in [-0.2, -0.15) is 10.2 Å². The monoisotopic (exact) mass is 394 g/mol. The van der Waals surface area contributed by atoms with E-state index in [1.165, 1.54) is 0 Å². The van der Waals surface area contributed by atoms with E-state index < -0.39 is 0 Å². The van der Waals surface area contributed by atoms with E-state index >= 15 is 0 Å². The van der Waals surface area contributed by atoms with Crippen LogP contribution in [-0.4, -0.2) is 30.5 Å². The first-order valence-electron chi connectivity index (χ1n) is 9.30. The van der Waals surface area contributed by atoms with Crippen molar-refractivity contribution in [3.05, 3.63) is 47.1 Å². The maximum atomic E-state index is 13.2. The van der Waals surface area contributed by atoms with Crippen LogP contribution in [0.5, 0.6) is 0 Å². The van der Waals surface area contributed by atoms with E-state index in [4.69, 9.17) is 4.98 Å². The van der Waals surface area contributed by atoms with Crippen LogP contribution in [0.4, 0.5) is 5.82 Å². The molecule has 0 unspecified atom stereocenters. The number of hydrogen-bond acceptors (Lipinski definition) is 5. The Labute approximate surface area is 167 Å². The molecule has 0 atom stereocenters. The van der Waals surface area contributed by atoms with Gasteiger partial charge in [-0.25, -0.2) is 9.67 Å². The lowest BCUT2D eigenvalue weighted by Crippen LogP contribution is -2.17. The highest BCUT2D eigenvalue weighted by Gasteiger charge is 2.20. The molecule has 8 heteroatoms. The highest BCUT2D eigenvalue weighted by molar-refractivity contribution is 7.13. The van der Waals surface area contributed by atoms with Crippen LogP contribution in [0.15, 0.2) is 35.8 Å². The molecule has 0 aliphatic rings. The summed E-state index contributed by atoms with van der Waals surface area (Å²) in [5.74, 6) is 0.516. The summed E-state index contributed by atoms with van der Waals surface area (Å²) in [5.41, 5.74) is 2.83. The van der Waals surface area contributed by atoms with Crippen molar-refractivity contribution < 1.29 is 4.79 Å². The Kier molecular flexibility index (Phi) is 4.95. The molecule has 0 aliphatic heterocycles. The van der Waals surface area contributed by atoms with Crippen LogP contribution in [-0.2, 0) is 13.6 Å². The first-order valence-corrected chi connectivity index (χ1v) is 10.2. The summed E-state index contributed by atoms with van der Waals surface area (Å²) in [6.07, 6.45) is 3.78. The minimum absolute atomic E-state index is 0.181. The number of carbonyl (C=O) groups excluding carboxylic acids is 1. The fourth-order valence-corrected chi connectivity index (χ4v) is 3.97. The van der Waals surface area contributed by atoms with Crippen LogP contribution in [0.2, 0.25) is 0 Å². The van der Waals surface area contributed by atoms with Gasteiger partial charge in [0, 0.05) is 19.7 Å². The average Bonchev–Trinajstić information content (AvgIpc) is 3.42. The average molecular weight is 395 g/mol. The van der Waals surface area contributed by atoms with Crippen molar-refractivity contribution in [2.24, 2.45) is 7.05 Å². The van der Waals surface area contributed by atoms with Gasteiger partial charge in [0.15, 0.2) is 5.65 Å². The third kappa shape index (κ3) is 3.31. The van der Waals surface area contributed by atoms with Gasteiger partial charge in [0.05, 0.1) is 33.4 Å². The van der Waals surface area contributed by atoms with Gasteiger partial charge >= 0.3 is 0 Å². The van der Waals surface area contributed by atoms with E-state index in [-0.39, 0.29) is 5.91 Å². The minimum atomic E-state index is -0.181. The largest absolute Gasteiger partial charge is 0.307 e. The molecular weight excluding hydrogens is 372 g/mol. The highest BCUT2D eigenvalue weighted by atomic mass is 32.1. The Morgan fingerprint density at radius 1 is 1.32 bits per heavy atom. The zero-order valence-corrected chi connectivity index (χ0v) is 17.0. The summed E-state index contributed by atoms with van der Waals surface area (Å²) in [5, 5.41) is 14.6. The Balaban J connectivity index is 1.77. The molecule has 0 radical (unpaired) electrons. The van der Waals surface area contributed by atoms with Crippen molar-refractivity contribution in [2.75, 3.05) is 5.32 Å². The number of aryl methyl sites for hydroxylation is 3. The van der Waals surface area contributed by atoms with E-state index in [2.05, 4.69) is 22.4 Å². The first kappa shape index (κ1) is 18.4. The molecular formula is C20H22N6OS. The quantitative estimate of drug-likeness (QED) is 0.530. The van der Waals surface area contributed by atoms with E-state index in [9.17, 15) is 4.79 Å². The molecule has 0 saturated heterocycles. The maximum Gasteiger partial charge on any atom is 0.257 e. The second-order valence-electron chi connectivity index (χ2n) is 6.69. The SMILES string of the molecule is CCCCn1nccc1NC(=O)c1cc(-c2cccs2)nc2c1c(C)nn2C. The van der Waals surface area contributed by atoms with Crippen LogP contribution in [0.3, 0.4) is 0 Å². The number of hydrogen-bond donors (Lipinski definition) is 1. The van der Waals surface area contributed by atoms with Gasteiger partial charge in [0.25, 0.3) is 5.91 Å². The number of rotatable bonds is 6. The van der Waals surface area contributed by atoms with Crippen molar-refractivity contribution in [1.29, 1.82) is 0 Å². The Morgan fingerprint density at radius 2 is 2.18 bits per heavy atom. The van der Waals surface area contributed by atoms with E-state index in [1.54, 1.807) is 22.2 Å². The standard InChI is InChI=1S/C20H22N6OS/c1-4-5-10-26-17(8-9-21-26)23-20(27)14-12-15(16-7-6-11-28-16)22-19-18(14)13(2)24-25(19)3/h6-9,11-12H,4-5,10H2,1-3H3,(H,23,27). The Hall–Kier alpha value is -3.00. The summed E-state index contributed by atoms with van der Waals surface area (Å²) in [6.45, 7) is 4.81. The number of anilines is 1. The zero-order chi connectivity index (χ0) is 19.7. The van der Waals surface area contributed by atoms with Gasteiger partial charge in [-0.05, 0) is 30.9 Å². The Morgan fingerprint density at radius 3 is 2.93 bits per heavy atom. The zero-order valence-electron chi connectivity index (χ0n) is 16.1. The van der Waals surface area contributed by atoms with Crippen molar-refractivity contribution in [3.63, 3.8) is 0 Å². The van der Waals surface area contributed by atoms with Crippen LogP contribution in [0.25, 0.3) is 21.6 Å². The van der Waals surface area contributed by atoms with E-state index in [0.717, 1.165) is 41.0 Å². The Bertz CT molecular complexity index is 1130. The van der Waals surface area contributed by atoms with Crippen LogP contribution >= 0.6 is 11.3 Å². The van der Waals surface area contributed by atoms with Gasteiger partial charge in [-0.1, -0.05) is 19.4 Å². The van der Waals surface area contributed by atoms with Gasteiger partial charge in [-0.3, -0.25) is 9.48 Å². The van der Waals surface area contributed by atoms with Gasteiger partial charge < -0.3 is 5.32 Å². The number of fused-ring (bicyclic) bond motifs is 1. The first-order chi connectivity index (χ1) is 13.6. The molecule has 0 spiro atoms. The topological polar surface area (TPSA) is 77.6 Å². The van der Waals surface area contributed by atoms with Gasteiger partial charge in [0.2, 0.25) is 0 Å². The number of carbonyl (C=O) groups is 1. The summed E-state index contributed by atoms with van der Waals surface area (Å²) < 4.78 is 3.56. The number of amides is 1. The number of nitrogens with one attached hydrogen (secondary N) is 1. The fourth-order valence-electron chi connectivity index (χ4n) is 3.28. The summed E-state index contributed by atoms with van der Waals surface area (Å²) in [6, 6.07) is 7.66. The normalized spacial score (nSPS) is 11.2. The molecule has 0 saturated carbocycles. The van der Waals surface area contributed by atoms with Crippen LogP contribution in [0.1, 0.15) is 35.8 Å². The molecule has 4 aromatic rings. The van der Waals surface area contributed by atoms with Crippen LogP contribution < -0.4 is 5.32 Å². The lowest BCUT2D eigenvalue weighted by atomic mass is 10.1. The minimum Gasteiger partial charge on any atom is -0.307 e. The van der Waals surface area contributed by atoms with Gasteiger partial charge in [0.1, 0.15) is 5.82 Å². The van der Waals surface area contributed by atoms with Crippen molar-refractivity contribution in [2.45, 2.75) is 33.2 Å². The molecule has 0 aliphatic carbocycles. The molecule has 1 N–H and O–H groups in total. The number of aromatic nitrogens is 5. The molecule has 4 heterocycles. The second kappa shape index (κ2) is 7.55. The number of nitrogens with zero attached hydrogens (tertiary/aromatic N) is 5. The number of unbranched alkanes of at least 4 members (excludes halogenated alkanes) is 1. The second-order valence-corrected chi connectivity index (χ2v) is 7.63. The number of pyridine rings is 1.